The molecule has 0 radical (unpaired) electrons. The van der Waals surface area contributed by atoms with E-state index in [2.05, 4.69) is 12.6 Å². The normalized spacial score (nSPS) is 15.6. The minimum atomic E-state index is 0.0882. The summed E-state index contributed by atoms with van der Waals surface area (Å²) in [5, 5.41) is 0.995. The third kappa shape index (κ3) is 2.12. The Bertz CT molecular complexity index is 666. The third-order valence-corrected chi connectivity index (χ3v) is 3.78. The predicted molar refractivity (Wildman–Crippen MR) is 79.7 cm³/mol. The van der Waals surface area contributed by atoms with Crippen LogP contribution in [0.15, 0.2) is 31.0 Å². The summed E-state index contributed by atoms with van der Waals surface area (Å²) in [6, 6.07) is 6.05. The first-order valence-corrected chi connectivity index (χ1v) is 6.79. The van der Waals surface area contributed by atoms with Gasteiger partial charge in [0.25, 0.3) is 5.91 Å². The molecule has 0 bridgehead atoms. The van der Waals surface area contributed by atoms with E-state index in [4.69, 9.17) is 4.74 Å². The number of aromatic nitrogens is 1. The second-order valence-corrected chi connectivity index (χ2v) is 5.04. The fourth-order valence-electron chi connectivity index (χ4n) is 2.64. The highest BCUT2D eigenvalue weighted by molar-refractivity contribution is 6.07. The van der Waals surface area contributed by atoms with Gasteiger partial charge in [-0.1, -0.05) is 24.8 Å². The van der Waals surface area contributed by atoms with Crippen molar-refractivity contribution in [2.24, 2.45) is 7.05 Å². The van der Waals surface area contributed by atoms with Crippen molar-refractivity contribution < 1.29 is 9.53 Å². The summed E-state index contributed by atoms with van der Waals surface area (Å²) in [7, 11) is 1.96. The molecular weight excluding hydrogens is 252 g/mol. The molecule has 4 heteroatoms. The van der Waals surface area contributed by atoms with Crippen molar-refractivity contribution >= 4 is 22.9 Å². The number of ether oxygens (including phenoxy) is 1. The number of nitrogens with zero attached hydrogens (tertiary/aromatic N) is 2. The minimum Gasteiger partial charge on any atom is -0.378 e. The number of rotatable bonds is 2. The molecule has 0 spiro atoms. The zero-order valence-electron chi connectivity index (χ0n) is 11.6. The van der Waals surface area contributed by atoms with Crippen LogP contribution in [-0.2, 0) is 11.8 Å². The van der Waals surface area contributed by atoms with E-state index in [1.165, 1.54) is 0 Å². The first-order chi connectivity index (χ1) is 9.70. The molecule has 1 aliphatic rings. The van der Waals surface area contributed by atoms with E-state index in [1.807, 2.05) is 40.9 Å². The summed E-state index contributed by atoms with van der Waals surface area (Å²) >= 11 is 0. The number of hydrogen-bond acceptors (Lipinski definition) is 2. The van der Waals surface area contributed by atoms with E-state index < -0.39 is 0 Å². The Morgan fingerprint density at radius 1 is 1.35 bits per heavy atom. The SMILES string of the molecule is C=Cc1ccc2c(C(=O)N3CCOCC3)cn(C)c2c1. The minimum absolute atomic E-state index is 0.0882. The second-order valence-electron chi connectivity index (χ2n) is 5.04. The van der Waals surface area contributed by atoms with Gasteiger partial charge in [-0.05, 0) is 11.6 Å². The van der Waals surface area contributed by atoms with Crippen LogP contribution in [0.25, 0.3) is 17.0 Å². The highest BCUT2D eigenvalue weighted by Crippen LogP contribution is 2.24. The average Bonchev–Trinajstić information content (AvgIpc) is 2.84. The van der Waals surface area contributed by atoms with Crippen molar-refractivity contribution in [1.82, 2.24) is 9.47 Å². The van der Waals surface area contributed by atoms with Gasteiger partial charge in [0.15, 0.2) is 0 Å². The lowest BCUT2D eigenvalue weighted by atomic mass is 10.1. The maximum atomic E-state index is 12.6. The molecule has 1 saturated heterocycles. The van der Waals surface area contributed by atoms with Crippen molar-refractivity contribution in [2.45, 2.75) is 0 Å². The van der Waals surface area contributed by atoms with Gasteiger partial charge in [-0.3, -0.25) is 4.79 Å². The number of carbonyl (C=O) groups excluding carboxylic acids is 1. The van der Waals surface area contributed by atoms with Gasteiger partial charge in [-0.15, -0.1) is 0 Å². The van der Waals surface area contributed by atoms with Crippen LogP contribution in [0.3, 0.4) is 0 Å². The summed E-state index contributed by atoms with van der Waals surface area (Å²) in [5.41, 5.74) is 2.88. The number of fused-ring (bicyclic) bond motifs is 1. The number of morpholine rings is 1. The predicted octanol–water partition coefficient (Wildman–Crippen LogP) is 2.29. The van der Waals surface area contributed by atoms with Gasteiger partial charge in [0.2, 0.25) is 0 Å². The summed E-state index contributed by atoms with van der Waals surface area (Å²) in [5.74, 6) is 0.0882. The summed E-state index contributed by atoms with van der Waals surface area (Å²) < 4.78 is 7.29. The van der Waals surface area contributed by atoms with Crippen LogP contribution in [0.4, 0.5) is 0 Å². The molecule has 0 atom stereocenters. The lowest BCUT2D eigenvalue weighted by Crippen LogP contribution is -2.40. The van der Waals surface area contributed by atoms with Crippen molar-refractivity contribution in [3.05, 3.63) is 42.1 Å². The smallest absolute Gasteiger partial charge is 0.256 e. The van der Waals surface area contributed by atoms with Gasteiger partial charge in [0, 0.05) is 37.2 Å². The standard InChI is InChI=1S/C16H18N2O2/c1-3-12-4-5-13-14(11-17(2)15(13)10-12)16(19)18-6-8-20-9-7-18/h3-5,10-11H,1,6-9H2,2H3. The van der Waals surface area contributed by atoms with Crippen LogP contribution in [0.2, 0.25) is 0 Å². The molecule has 1 aromatic carbocycles. The molecule has 0 N–H and O–H groups in total. The highest BCUT2D eigenvalue weighted by Gasteiger charge is 2.21. The van der Waals surface area contributed by atoms with E-state index >= 15 is 0 Å². The number of benzene rings is 1. The molecular formula is C16H18N2O2. The topological polar surface area (TPSA) is 34.5 Å². The first-order valence-electron chi connectivity index (χ1n) is 6.79. The van der Waals surface area contributed by atoms with Crippen LogP contribution in [0, 0.1) is 0 Å². The molecule has 2 aromatic rings. The monoisotopic (exact) mass is 270 g/mol. The summed E-state index contributed by atoms with van der Waals surface area (Å²) in [6.45, 7) is 6.36. The number of amides is 1. The van der Waals surface area contributed by atoms with Crippen molar-refractivity contribution in [3.63, 3.8) is 0 Å². The Morgan fingerprint density at radius 2 is 2.10 bits per heavy atom. The second kappa shape index (κ2) is 5.13. The zero-order valence-corrected chi connectivity index (χ0v) is 11.6. The van der Waals surface area contributed by atoms with Gasteiger partial charge >= 0.3 is 0 Å². The van der Waals surface area contributed by atoms with Gasteiger partial charge in [-0.2, -0.15) is 0 Å². The van der Waals surface area contributed by atoms with E-state index in [-0.39, 0.29) is 5.91 Å². The first kappa shape index (κ1) is 12.9. The van der Waals surface area contributed by atoms with E-state index in [1.54, 1.807) is 0 Å². The quantitative estimate of drug-likeness (QED) is 0.839. The van der Waals surface area contributed by atoms with Crippen LogP contribution in [0.5, 0.6) is 0 Å². The molecule has 2 heterocycles. The van der Waals surface area contributed by atoms with Crippen LogP contribution in [-0.4, -0.2) is 41.7 Å². The Balaban J connectivity index is 2.03. The number of hydrogen-bond donors (Lipinski definition) is 0. The molecule has 0 unspecified atom stereocenters. The summed E-state index contributed by atoms with van der Waals surface area (Å²) in [4.78, 5) is 14.5. The number of aryl methyl sites for hydroxylation is 1. The van der Waals surface area contributed by atoms with Crippen LogP contribution < -0.4 is 0 Å². The summed E-state index contributed by atoms with van der Waals surface area (Å²) in [6.07, 6.45) is 3.73. The van der Waals surface area contributed by atoms with Gasteiger partial charge in [0.1, 0.15) is 0 Å². The average molecular weight is 270 g/mol. The van der Waals surface area contributed by atoms with Crippen molar-refractivity contribution in [2.75, 3.05) is 26.3 Å². The van der Waals surface area contributed by atoms with Crippen molar-refractivity contribution in [3.8, 4) is 0 Å². The van der Waals surface area contributed by atoms with Gasteiger partial charge in [-0.25, -0.2) is 0 Å². The Hall–Kier alpha value is -2.07. The Labute approximate surface area is 118 Å². The fourth-order valence-corrected chi connectivity index (χ4v) is 2.64. The largest absolute Gasteiger partial charge is 0.378 e. The van der Waals surface area contributed by atoms with E-state index in [9.17, 15) is 4.79 Å². The molecule has 1 amide bonds. The third-order valence-electron chi connectivity index (χ3n) is 3.78. The zero-order chi connectivity index (χ0) is 14.1. The van der Waals surface area contributed by atoms with E-state index in [0.717, 1.165) is 22.0 Å². The highest BCUT2D eigenvalue weighted by atomic mass is 16.5. The molecule has 0 saturated carbocycles. The Kier molecular flexibility index (Phi) is 3.32. The maximum Gasteiger partial charge on any atom is 0.256 e. The van der Waals surface area contributed by atoms with Crippen molar-refractivity contribution in [1.29, 1.82) is 0 Å². The van der Waals surface area contributed by atoms with Gasteiger partial charge < -0.3 is 14.2 Å². The molecule has 0 aliphatic carbocycles. The molecule has 1 aromatic heterocycles. The van der Waals surface area contributed by atoms with Crippen LogP contribution in [0.1, 0.15) is 15.9 Å². The lowest BCUT2D eigenvalue weighted by molar-refractivity contribution is 0.0304. The molecule has 1 fully saturated rings. The molecule has 3 rings (SSSR count). The number of carbonyl (C=O) groups is 1. The Morgan fingerprint density at radius 3 is 2.80 bits per heavy atom. The fraction of sp³-hybridized carbons (Fsp3) is 0.312. The molecule has 1 aliphatic heterocycles. The van der Waals surface area contributed by atoms with Crippen LogP contribution >= 0.6 is 0 Å². The lowest BCUT2D eigenvalue weighted by Gasteiger charge is -2.26. The molecule has 20 heavy (non-hydrogen) atoms. The molecule has 104 valence electrons. The van der Waals surface area contributed by atoms with E-state index in [0.29, 0.717) is 26.3 Å². The maximum absolute atomic E-state index is 12.6. The van der Waals surface area contributed by atoms with Gasteiger partial charge in [0.05, 0.1) is 18.8 Å². The molecule has 4 nitrogen and oxygen atoms in total.